The number of anilines is 2. The average Bonchev–Trinajstić information content (AvgIpc) is 3.11. The first-order chi connectivity index (χ1) is 13.2. The van der Waals surface area contributed by atoms with Gasteiger partial charge in [-0.1, -0.05) is 6.07 Å². The fourth-order valence-corrected chi connectivity index (χ4v) is 2.71. The third-order valence-corrected chi connectivity index (χ3v) is 4.04. The van der Waals surface area contributed by atoms with E-state index in [0.717, 1.165) is 16.8 Å². The molecular weight excluding hydrogens is 346 g/mol. The van der Waals surface area contributed by atoms with E-state index in [2.05, 4.69) is 20.4 Å². The van der Waals surface area contributed by atoms with Crippen molar-refractivity contribution < 1.29 is 14.6 Å². The Balaban J connectivity index is 1.70. The van der Waals surface area contributed by atoms with Gasteiger partial charge in [-0.15, -0.1) is 0 Å². The van der Waals surface area contributed by atoms with E-state index in [1.807, 2.05) is 24.3 Å². The summed E-state index contributed by atoms with van der Waals surface area (Å²) in [6.07, 6.45) is 3.40. The van der Waals surface area contributed by atoms with Gasteiger partial charge in [-0.2, -0.15) is 10.1 Å². The van der Waals surface area contributed by atoms with Gasteiger partial charge in [0.05, 0.1) is 31.5 Å². The number of hydrogen-bond donors (Lipinski definition) is 2. The maximum atomic E-state index is 9.92. The van der Waals surface area contributed by atoms with Gasteiger partial charge in [-0.3, -0.25) is 0 Å². The van der Waals surface area contributed by atoms with Crippen molar-refractivity contribution in [1.29, 1.82) is 0 Å². The number of methoxy groups -OCH3 is 2. The van der Waals surface area contributed by atoms with Crippen LogP contribution < -0.4 is 14.8 Å². The van der Waals surface area contributed by atoms with E-state index >= 15 is 0 Å². The number of fused-ring (bicyclic) bond motifs is 1. The minimum Gasteiger partial charge on any atom is -0.504 e. The number of ether oxygens (including phenoxy) is 2. The van der Waals surface area contributed by atoms with Gasteiger partial charge >= 0.3 is 0 Å². The highest BCUT2D eigenvalue weighted by molar-refractivity contribution is 5.77. The number of phenolic OH excluding ortho intramolecular Hbond substituents is 1. The molecule has 0 aliphatic rings. The highest BCUT2D eigenvalue weighted by Crippen LogP contribution is 2.29. The standard InChI is InChI=1S/C19H17N5O3/c1-26-15-5-3-4-14(9-15)24-18-12(11-21-24)10-20-19(23-18)22-13-6-7-17(27-2)16(25)8-13/h3-11,25H,1-2H3,(H,20,22,23). The number of aromatic nitrogens is 4. The second kappa shape index (κ2) is 6.83. The quantitative estimate of drug-likeness (QED) is 0.562. The second-order valence-electron chi connectivity index (χ2n) is 5.74. The Hall–Kier alpha value is -3.81. The van der Waals surface area contributed by atoms with Gasteiger partial charge in [0.15, 0.2) is 17.1 Å². The molecule has 0 spiro atoms. The van der Waals surface area contributed by atoms with Gasteiger partial charge in [0.25, 0.3) is 0 Å². The molecule has 2 aromatic heterocycles. The summed E-state index contributed by atoms with van der Waals surface area (Å²) < 4.78 is 12.0. The highest BCUT2D eigenvalue weighted by atomic mass is 16.5. The number of nitrogens with one attached hydrogen (secondary N) is 1. The molecule has 2 aromatic carbocycles. The molecule has 0 aliphatic heterocycles. The molecule has 8 nitrogen and oxygen atoms in total. The van der Waals surface area contributed by atoms with Crippen LogP contribution in [0.3, 0.4) is 0 Å². The van der Waals surface area contributed by atoms with Crippen molar-refractivity contribution in [1.82, 2.24) is 19.7 Å². The van der Waals surface area contributed by atoms with E-state index in [1.165, 1.54) is 7.11 Å². The molecular formula is C19H17N5O3. The zero-order valence-electron chi connectivity index (χ0n) is 14.7. The molecule has 0 unspecified atom stereocenters. The van der Waals surface area contributed by atoms with Crippen molar-refractivity contribution in [3.05, 3.63) is 54.9 Å². The molecule has 0 radical (unpaired) electrons. The number of nitrogens with zero attached hydrogens (tertiary/aromatic N) is 4. The summed E-state index contributed by atoms with van der Waals surface area (Å²) in [5.41, 5.74) is 2.12. The first-order valence-electron chi connectivity index (χ1n) is 8.17. The van der Waals surface area contributed by atoms with Crippen molar-refractivity contribution in [3.63, 3.8) is 0 Å². The Bertz CT molecular complexity index is 1110. The third-order valence-electron chi connectivity index (χ3n) is 4.04. The number of hydrogen-bond acceptors (Lipinski definition) is 7. The second-order valence-corrected chi connectivity index (χ2v) is 5.74. The van der Waals surface area contributed by atoms with E-state index in [9.17, 15) is 5.11 Å². The van der Waals surface area contributed by atoms with E-state index in [1.54, 1.807) is 42.4 Å². The molecule has 4 rings (SSSR count). The maximum absolute atomic E-state index is 9.92. The first-order valence-corrected chi connectivity index (χ1v) is 8.17. The predicted molar refractivity (Wildman–Crippen MR) is 101 cm³/mol. The Labute approximate surface area is 155 Å². The summed E-state index contributed by atoms with van der Waals surface area (Å²) in [4.78, 5) is 8.86. The lowest BCUT2D eigenvalue weighted by Crippen LogP contribution is -2.01. The number of rotatable bonds is 5. The molecule has 8 heteroatoms. The molecule has 136 valence electrons. The van der Waals surface area contributed by atoms with Gasteiger partial charge in [0, 0.05) is 24.0 Å². The fraction of sp³-hybridized carbons (Fsp3) is 0.105. The molecule has 0 atom stereocenters. The molecule has 2 N–H and O–H groups in total. The Morgan fingerprint density at radius 2 is 1.93 bits per heavy atom. The fourth-order valence-electron chi connectivity index (χ4n) is 2.71. The molecule has 4 aromatic rings. The van der Waals surface area contributed by atoms with Crippen LogP contribution in [0.25, 0.3) is 16.7 Å². The van der Waals surface area contributed by atoms with Crippen molar-refractivity contribution in [3.8, 4) is 22.9 Å². The monoisotopic (exact) mass is 363 g/mol. The lowest BCUT2D eigenvalue weighted by atomic mass is 10.3. The Morgan fingerprint density at radius 3 is 2.70 bits per heavy atom. The highest BCUT2D eigenvalue weighted by Gasteiger charge is 2.10. The number of aromatic hydroxyl groups is 1. The van der Waals surface area contributed by atoms with Crippen LogP contribution in [-0.2, 0) is 0 Å². The van der Waals surface area contributed by atoms with E-state index in [-0.39, 0.29) is 5.75 Å². The number of benzene rings is 2. The Morgan fingerprint density at radius 1 is 1.04 bits per heavy atom. The first kappa shape index (κ1) is 16.6. The largest absolute Gasteiger partial charge is 0.504 e. The van der Waals surface area contributed by atoms with Crippen LogP contribution in [0.1, 0.15) is 0 Å². The van der Waals surface area contributed by atoms with Crippen LogP contribution in [0.4, 0.5) is 11.6 Å². The molecule has 0 saturated heterocycles. The minimum atomic E-state index is 0.0324. The lowest BCUT2D eigenvalue weighted by molar-refractivity contribution is 0.373. The van der Waals surface area contributed by atoms with Gasteiger partial charge in [0.2, 0.25) is 5.95 Å². The predicted octanol–water partition coefficient (Wildman–Crippen LogP) is 3.28. The zero-order valence-corrected chi connectivity index (χ0v) is 14.7. The van der Waals surface area contributed by atoms with Crippen LogP contribution in [0.15, 0.2) is 54.9 Å². The normalized spacial score (nSPS) is 10.7. The van der Waals surface area contributed by atoms with Crippen molar-refractivity contribution >= 4 is 22.7 Å². The molecule has 0 aliphatic carbocycles. The molecule has 0 saturated carbocycles. The SMILES string of the molecule is COc1cccc(-n2ncc3cnc(Nc4ccc(OC)c(O)c4)nc32)c1. The maximum Gasteiger partial charge on any atom is 0.229 e. The Kier molecular flexibility index (Phi) is 4.21. The lowest BCUT2D eigenvalue weighted by Gasteiger charge is -2.09. The van der Waals surface area contributed by atoms with Gasteiger partial charge in [-0.05, 0) is 24.3 Å². The molecule has 0 fully saturated rings. The van der Waals surface area contributed by atoms with Crippen LogP contribution in [0.2, 0.25) is 0 Å². The molecule has 0 amide bonds. The molecule has 27 heavy (non-hydrogen) atoms. The number of phenols is 1. The van der Waals surface area contributed by atoms with Crippen LogP contribution in [-0.4, -0.2) is 39.1 Å². The van der Waals surface area contributed by atoms with Gasteiger partial charge in [0.1, 0.15) is 5.75 Å². The van der Waals surface area contributed by atoms with Crippen molar-refractivity contribution in [2.24, 2.45) is 0 Å². The smallest absolute Gasteiger partial charge is 0.229 e. The van der Waals surface area contributed by atoms with Gasteiger partial charge in [-0.25, -0.2) is 9.67 Å². The van der Waals surface area contributed by atoms with E-state index in [4.69, 9.17) is 9.47 Å². The summed E-state index contributed by atoms with van der Waals surface area (Å²) in [5.74, 6) is 1.55. The van der Waals surface area contributed by atoms with E-state index < -0.39 is 0 Å². The topological polar surface area (TPSA) is 94.3 Å². The summed E-state index contributed by atoms with van der Waals surface area (Å²) in [7, 11) is 3.12. The van der Waals surface area contributed by atoms with E-state index in [0.29, 0.717) is 23.0 Å². The van der Waals surface area contributed by atoms with Crippen LogP contribution in [0, 0.1) is 0 Å². The van der Waals surface area contributed by atoms with Crippen LogP contribution >= 0.6 is 0 Å². The zero-order chi connectivity index (χ0) is 18.8. The molecule has 0 bridgehead atoms. The average molecular weight is 363 g/mol. The summed E-state index contributed by atoms with van der Waals surface area (Å²) in [5, 5.41) is 18.2. The van der Waals surface area contributed by atoms with Gasteiger partial charge < -0.3 is 19.9 Å². The molecule has 2 heterocycles. The summed E-state index contributed by atoms with van der Waals surface area (Å²) in [6, 6.07) is 12.5. The summed E-state index contributed by atoms with van der Waals surface area (Å²) >= 11 is 0. The summed E-state index contributed by atoms with van der Waals surface area (Å²) in [6.45, 7) is 0. The minimum absolute atomic E-state index is 0.0324. The van der Waals surface area contributed by atoms with Crippen molar-refractivity contribution in [2.45, 2.75) is 0 Å². The van der Waals surface area contributed by atoms with Crippen molar-refractivity contribution in [2.75, 3.05) is 19.5 Å². The van der Waals surface area contributed by atoms with Crippen LogP contribution in [0.5, 0.6) is 17.2 Å². The third kappa shape index (κ3) is 3.20.